The first-order valence-corrected chi connectivity index (χ1v) is 9.40. The van der Waals surface area contributed by atoms with Gasteiger partial charge in [0.2, 0.25) is 0 Å². The number of amides is 1. The summed E-state index contributed by atoms with van der Waals surface area (Å²) >= 11 is 0. The van der Waals surface area contributed by atoms with Crippen molar-refractivity contribution >= 4 is 12.1 Å². The van der Waals surface area contributed by atoms with Gasteiger partial charge in [0.25, 0.3) is 0 Å². The maximum Gasteiger partial charge on any atom is 0.411 e. The van der Waals surface area contributed by atoms with Crippen LogP contribution in [-0.4, -0.2) is 57.6 Å². The standard InChI is InChI=1S/C21H29NO6/c1-5-27-19(25)15-11-16(18(24)17(23)12-15)22(20(26)28-21(2,3)4)13-14-9-7-6-8-10-14/h6-11,16-18,23-24H,5,12-13H2,1-4H3. The highest BCUT2D eigenvalue weighted by Crippen LogP contribution is 2.27. The minimum Gasteiger partial charge on any atom is -0.463 e. The van der Waals surface area contributed by atoms with Gasteiger partial charge in [0.05, 0.1) is 18.8 Å². The third-order valence-corrected chi connectivity index (χ3v) is 4.27. The van der Waals surface area contributed by atoms with E-state index in [2.05, 4.69) is 0 Å². The Balaban J connectivity index is 2.39. The summed E-state index contributed by atoms with van der Waals surface area (Å²) in [5.41, 5.74) is 0.316. The van der Waals surface area contributed by atoms with Crippen LogP contribution in [0.4, 0.5) is 4.79 Å². The average molecular weight is 391 g/mol. The third kappa shape index (κ3) is 5.81. The third-order valence-electron chi connectivity index (χ3n) is 4.27. The fraction of sp³-hybridized carbons (Fsp3) is 0.524. The molecule has 1 aromatic carbocycles. The number of rotatable bonds is 5. The molecule has 0 aliphatic heterocycles. The topological polar surface area (TPSA) is 96.3 Å². The fourth-order valence-corrected chi connectivity index (χ4v) is 2.99. The maximum atomic E-state index is 12.9. The Labute approximate surface area is 165 Å². The predicted molar refractivity (Wildman–Crippen MR) is 103 cm³/mol. The molecule has 7 heteroatoms. The van der Waals surface area contributed by atoms with Gasteiger partial charge in [-0.25, -0.2) is 9.59 Å². The molecule has 0 radical (unpaired) electrons. The highest BCUT2D eigenvalue weighted by molar-refractivity contribution is 5.89. The number of esters is 1. The fourth-order valence-electron chi connectivity index (χ4n) is 2.99. The van der Waals surface area contributed by atoms with Gasteiger partial charge in [0.15, 0.2) is 0 Å². The van der Waals surface area contributed by atoms with Crippen molar-refractivity contribution in [2.45, 2.75) is 64.5 Å². The average Bonchev–Trinajstić information content (AvgIpc) is 2.61. The van der Waals surface area contributed by atoms with Gasteiger partial charge in [-0.1, -0.05) is 30.3 Å². The molecule has 3 atom stereocenters. The second-order valence-corrected chi connectivity index (χ2v) is 7.76. The Bertz CT molecular complexity index is 709. The molecule has 154 valence electrons. The summed E-state index contributed by atoms with van der Waals surface area (Å²) < 4.78 is 10.5. The Morgan fingerprint density at radius 1 is 1.18 bits per heavy atom. The van der Waals surface area contributed by atoms with Gasteiger partial charge in [0.1, 0.15) is 11.7 Å². The number of hydrogen-bond donors (Lipinski definition) is 2. The van der Waals surface area contributed by atoms with E-state index in [4.69, 9.17) is 9.47 Å². The molecule has 1 aliphatic carbocycles. The summed E-state index contributed by atoms with van der Waals surface area (Å²) in [4.78, 5) is 26.4. The molecule has 0 saturated carbocycles. The van der Waals surface area contributed by atoms with Crippen LogP contribution in [0, 0.1) is 0 Å². The molecule has 0 saturated heterocycles. The summed E-state index contributed by atoms with van der Waals surface area (Å²) in [5.74, 6) is -0.567. The molecule has 7 nitrogen and oxygen atoms in total. The lowest BCUT2D eigenvalue weighted by molar-refractivity contribution is -0.139. The Morgan fingerprint density at radius 3 is 2.39 bits per heavy atom. The molecule has 0 bridgehead atoms. The van der Waals surface area contributed by atoms with Crippen LogP contribution < -0.4 is 0 Å². The molecule has 2 rings (SSSR count). The number of aliphatic hydroxyl groups excluding tert-OH is 2. The van der Waals surface area contributed by atoms with E-state index in [1.165, 1.54) is 11.0 Å². The number of hydrogen-bond acceptors (Lipinski definition) is 6. The van der Waals surface area contributed by atoms with Gasteiger partial charge in [-0.15, -0.1) is 0 Å². The molecular formula is C21H29NO6. The van der Waals surface area contributed by atoms with Gasteiger partial charge < -0.3 is 19.7 Å². The smallest absolute Gasteiger partial charge is 0.411 e. The molecule has 1 aromatic rings. The first-order valence-electron chi connectivity index (χ1n) is 9.40. The molecule has 0 spiro atoms. The van der Waals surface area contributed by atoms with Gasteiger partial charge in [-0.05, 0) is 39.3 Å². The van der Waals surface area contributed by atoms with Crippen molar-refractivity contribution in [1.29, 1.82) is 0 Å². The van der Waals surface area contributed by atoms with Crippen LogP contribution in [0.5, 0.6) is 0 Å². The van der Waals surface area contributed by atoms with Crippen molar-refractivity contribution in [3.8, 4) is 0 Å². The van der Waals surface area contributed by atoms with Crippen LogP contribution in [0.2, 0.25) is 0 Å². The second kappa shape index (κ2) is 9.21. The summed E-state index contributed by atoms with van der Waals surface area (Å²) in [6.07, 6.45) is -1.65. The summed E-state index contributed by atoms with van der Waals surface area (Å²) in [6, 6.07) is 8.30. The molecule has 28 heavy (non-hydrogen) atoms. The molecule has 2 N–H and O–H groups in total. The van der Waals surface area contributed by atoms with E-state index < -0.39 is 35.9 Å². The minimum atomic E-state index is -1.26. The zero-order valence-corrected chi connectivity index (χ0v) is 16.8. The van der Waals surface area contributed by atoms with E-state index in [0.717, 1.165) is 5.56 Å². The van der Waals surface area contributed by atoms with Crippen LogP contribution in [0.15, 0.2) is 42.0 Å². The Morgan fingerprint density at radius 2 is 1.82 bits per heavy atom. The summed E-state index contributed by atoms with van der Waals surface area (Å²) in [5, 5.41) is 20.9. The van der Waals surface area contributed by atoms with E-state index in [9.17, 15) is 19.8 Å². The van der Waals surface area contributed by atoms with Crippen LogP contribution >= 0.6 is 0 Å². The van der Waals surface area contributed by atoms with Gasteiger partial charge in [-0.3, -0.25) is 4.90 Å². The zero-order chi connectivity index (χ0) is 20.9. The SMILES string of the molecule is CCOC(=O)C1=CC(N(Cc2ccccc2)C(=O)OC(C)(C)C)C(O)C(O)C1. The van der Waals surface area contributed by atoms with Crippen LogP contribution in [-0.2, 0) is 20.8 Å². The molecule has 3 unspecified atom stereocenters. The lowest BCUT2D eigenvalue weighted by Crippen LogP contribution is -2.53. The largest absolute Gasteiger partial charge is 0.463 e. The lowest BCUT2D eigenvalue weighted by atomic mass is 9.89. The second-order valence-electron chi connectivity index (χ2n) is 7.76. The van der Waals surface area contributed by atoms with Crippen LogP contribution in [0.1, 0.15) is 39.7 Å². The zero-order valence-electron chi connectivity index (χ0n) is 16.8. The van der Waals surface area contributed by atoms with Crippen LogP contribution in [0.3, 0.4) is 0 Å². The lowest BCUT2D eigenvalue weighted by Gasteiger charge is -2.38. The number of carbonyl (C=O) groups is 2. The first kappa shape index (κ1) is 21.9. The van der Waals surface area contributed by atoms with Crippen LogP contribution in [0.25, 0.3) is 0 Å². The molecule has 0 heterocycles. The monoisotopic (exact) mass is 391 g/mol. The maximum absolute atomic E-state index is 12.9. The molecule has 0 aromatic heterocycles. The molecule has 1 aliphatic rings. The highest BCUT2D eigenvalue weighted by atomic mass is 16.6. The van der Waals surface area contributed by atoms with Crippen molar-refractivity contribution in [2.75, 3.05) is 6.61 Å². The molecule has 0 fully saturated rings. The quantitative estimate of drug-likeness (QED) is 0.749. The highest BCUT2D eigenvalue weighted by Gasteiger charge is 2.39. The Kier molecular flexibility index (Phi) is 7.21. The summed E-state index contributed by atoms with van der Waals surface area (Å²) in [6.45, 7) is 7.27. The predicted octanol–water partition coefficient (Wildman–Crippen LogP) is 2.41. The molecular weight excluding hydrogens is 362 g/mol. The van der Waals surface area contributed by atoms with Crippen molar-refractivity contribution in [2.24, 2.45) is 0 Å². The van der Waals surface area contributed by atoms with E-state index in [1.54, 1.807) is 27.7 Å². The van der Waals surface area contributed by atoms with E-state index in [-0.39, 0.29) is 25.1 Å². The number of ether oxygens (including phenoxy) is 2. The minimum absolute atomic E-state index is 0.0377. The van der Waals surface area contributed by atoms with E-state index in [0.29, 0.717) is 0 Å². The van der Waals surface area contributed by atoms with E-state index >= 15 is 0 Å². The van der Waals surface area contributed by atoms with Crippen molar-refractivity contribution in [3.63, 3.8) is 0 Å². The summed E-state index contributed by atoms with van der Waals surface area (Å²) in [7, 11) is 0. The van der Waals surface area contributed by atoms with Crippen molar-refractivity contribution in [3.05, 3.63) is 47.5 Å². The number of carbonyl (C=O) groups excluding carboxylic acids is 2. The number of benzene rings is 1. The molecule has 1 amide bonds. The van der Waals surface area contributed by atoms with Gasteiger partial charge >= 0.3 is 12.1 Å². The normalized spacial score (nSPS) is 22.2. The van der Waals surface area contributed by atoms with Gasteiger partial charge in [-0.2, -0.15) is 0 Å². The van der Waals surface area contributed by atoms with E-state index in [1.807, 2.05) is 30.3 Å². The van der Waals surface area contributed by atoms with Gasteiger partial charge in [0, 0.05) is 18.5 Å². The first-order chi connectivity index (χ1) is 13.1. The van der Waals surface area contributed by atoms with Crippen molar-refractivity contribution < 1.29 is 29.3 Å². The number of aliphatic hydroxyl groups is 2. The number of nitrogens with zero attached hydrogens (tertiary/aromatic N) is 1. The Hall–Kier alpha value is -2.38. The van der Waals surface area contributed by atoms with Crippen molar-refractivity contribution in [1.82, 2.24) is 4.90 Å².